The normalized spacial score (nSPS) is 11.4. The third-order valence-corrected chi connectivity index (χ3v) is 6.41. The predicted molar refractivity (Wildman–Crippen MR) is 128 cm³/mol. The molecule has 170 valence electrons. The van der Waals surface area contributed by atoms with Crippen LogP contribution in [0.15, 0.2) is 12.4 Å². The molecule has 0 aliphatic rings. The van der Waals surface area contributed by atoms with Crippen molar-refractivity contribution in [2.75, 3.05) is 0 Å². The van der Waals surface area contributed by atoms with Crippen LogP contribution in [0.4, 0.5) is 0 Å². The second-order valence-corrected chi connectivity index (χ2v) is 9.10. The Morgan fingerprint density at radius 3 is 1.45 bits per heavy atom. The van der Waals surface area contributed by atoms with Gasteiger partial charge in [-0.2, -0.15) is 0 Å². The monoisotopic (exact) mass is 405 g/mol. The van der Waals surface area contributed by atoms with E-state index in [9.17, 15) is 0 Å². The van der Waals surface area contributed by atoms with Crippen molar-refractivity contribution in [3.63, 3.8) is 0 Å². The Balaban J connectivity index is 1.85. The van der Waals surface area contributed by atoms with Crippen LogP contribution in [0.5, 0.6) is 0 Å². The van der Waals surface area contributed by atoms with Crippen molar-refractivity contribution in [2.24, 2.45) is 0 Å². The number of unbranched alkanes of at least 4 members (excludes halogenated alkanes) is 16. The molecular formula is C27H53N2+. The van der Waals surface area contributed by atoms with E-state index in [1.807, 2.05) is 0 Å². The van der Waals surface area contributed by atoms with Gasteiger partial charge in [0, 0.05) is 6.42 Å². The number of rotatable bonds is 21. The molecule has 0 bridgehead atoms. The molecule has 0 unspecified atom stereocenters. The number of nitrogens with zero attached hydrogens (tertiary/aromatic N) is 2. The minimum Gasteiger partial charge on any atom is -0.235 e. The molecule has 2 heteroatoms. The highest BCUT2D eigenvalue weighted by Crippen LogP contribution is 2.14. The molecule has 1 rings (SSSR count). The standard InChI is InChI=1S/C27H53N2/c1-4-7-8-9-10-11-12-13-14-15-16-17-18-19-20-21-22-24-29-26-25-28(6-3)27(29)23-5-2/h25-26H,4-24H2,1-3H3/q+1. The van der Waals surface area contributed by atoms with Gasteiger partial charge in [0.15, 0.2) is 0 Å². The van der Waals surface area contributed by atoms with Gasteiger partial charge in [-0.05, 0) is 26.2 Å². The zero-order valence-corrected chi connectivity index (χ0v) is 20.4. The van der Waals surface area contributed by atoms with Crippen LogP contribution in [0.2, 0.25) is 0 Å². The summed E-state index contributed by atoms with van der Waals surface area (Å²) in [6.07, 6.45) is 31.6. The number of aryl methyl sites for hydroxylation is 2. The maximum atomic E-state index is 2.50. The van der Waals surface area contributed by atoms with Crippen LogP contribution >= 0.6 is 0 Å². The van der Waals surface area contributed by atoms with Gasteiger partial charge in [-0.25, -0.2) is 9.13 Å². The van der Waals surface area contributed by atoms with Gasteiger partial charge in [-0.1, -0.05) is 110 Å². The van der Waals surface area contributed by atoms with Gasteiger partial charge in [0.05, 0.1) is 13.1 Å². The third-order valence-electron chi connectivity index (χ3n) is 6.41. The summed E-state index contributed by atoms with van der Waals surface area (Å²) in [6.45, 7) is 9.14. The zero-order valence-electron chi connectivity index (χ0n) is 20.4. The van der Waals surface area contributed by atoms with E-state index >= 15 is 0 Å². The van der Waals surface area contributed by atoms with Crippen molar-refractivity contribution >= 4 is 0 Å². The molecule has 1 aromatic heterocycles. The maximum Gasteiger partial charge on any atom is 0.256 e. The lowest BCUT2D eigenvalue weighted by atomic mass is 10.0. The van der Waals surface area contributed by atoms with E-state index in [2.05, 4.69) is 42.3 Å². The highest BCUT2D eigenvalue weighted by atomic mass is 15.1. The summed E-state index contributed by atoms with van der Waals surface area (Å²) >= 11 is 0. The Hall–Kier alpha value is -0.790. The highest BCUT2D eigenvalue weighted by Gasteiger charge is 2.14. The summed E-state index contributed by atoms with van der Waals surface area (Å²) in [4.78, 5) is 0. The van der Waals surface area contributed by atoms with Crippen molar-refractivity contribution < 1.29 is 4.57 Å². The van der Waals surface area contributed by atoms with Crippen molar-refractivity contribution in [2.45, 2.75) is 156 Å². The molecular weight excluding hydrogens is 352 g/mol. The van der Waals surface area contributed by atoms with Crippen molar-refractivity contribution in [3.8, 4) is 0 Å². The lowest BCUT2D eigenvalue weighted by molar-refractivity contribution is -0.704. The average Bonchev–Trinajstić information content (AvgIpc) is 3.12. The first-order valence-corrected chi connectivity index (χ1v) is 13.4. The fourth-order valence-electron chi connectivity index (χ4n) is 4.51. The zero-order chi connectivity index (χ0) is 21.0. The smallest absolute Gasteiger partial charge is 0.235 e. The van der Waals surface area contributed by atoms with Gasteiger partial charge in [-0.15, -0.1) is 0 Å². The van der Waals surface area contributed by atoms with E-state index in [-0.39, 0.29) is 0 Å². The molecule has 0 saturated heterocycles. The highest BCUT2D eigenvalue weighted by molar-refractivity contribution is 4.83. The summed E-state index contributed by atoms with van der Waals surface area (Å²) < 4.78 is 4.91. The van der Waals surface area contributed by atoms with Crippen LogP contribution in [-0.2, 0) is 19.5 Å². The summed E-state index contributed by atoms with van der Waals surface area (Å²) in [5.41, 5.74) is 0. The molecule has 0 spiro atoms. The van der Waals surface area contributed by atoms with Crippen LogP contribution < -0.4 is 4.57 Å². The fourth-order valence-corrected chi connectivity index (χ4v) is 4.51. The van der Waals surface area contributed by atoms with Gasteiger partial charge >= 0.3 is 0 Å². The van der Waals surface area contributed by atoms with Gasteiger partial charge in [-0.3, -0.25) is 0 Å². The lowest BCUT2D eigenvalue weighted by Gasteiger charge is -2.04. The minimum atomic E-state index is 1.10. The van der Waals surface area contributed by atoms with Crippen LogP contribution in [0.1, 0.15) is 142 Å². The van der Waals surface area contributed by atoms with Crippen LogP contribution in [-0.4, -0.2) is 4.57 Å². The van der Waals surface area contributed by atoms with Gasteiger partial charge in [0.2, 0.25) is 0 Å². The third kappa shape index (κ3) is 13.2. The number of hydrogen-bond acceptors (Lipinski definition) is 0. The fraction of sp³-hybridized carbons (Fsp3) is 0.889. The molecule has 0 atom stereocenters. The first-order chi connectivity index (χ1) is 14.3. The van der Waals surface area contributed by atoms with E-state index in [0.717, 1.165) is 6.54 Å². The number of aromatic nitrogens is 2. The Kier molecular flexibility index (Phi) is 17.4. The van der Waals surface area contributed by atoms with E-state index in [0.29, 0.717) is 0 Å². The summed E-state index contributed by atoms with van der Waals surface area (Å²) in [5, 5.41) is 0. The number of imidazole rings is 1. The molecule has 0 aromatic carbocycles. The SMILES string of the molecule is CCCCCCCCCCCCCCCCCCC[n+]1ccn(CC)c1CCC. The molecule has 1 aromatic rings. The Labute approximate surface area is 183 Å². The number of hydrogen-bond donors (Lipinski definition) is 0. The van der Waals surface area contributed by atoms with Crippen molar-refractivity contribution in [1.82, 2.24) is 4.57 Å². The first-order valence-electron chi connectivity index (χ1n) is 13.4. The molecule has 1 heterocycles. The first kappa shape index (κ1) is 26.2. The summed E-state index contributed by atoms with van der Waals surface area (Å²) in [6, 6.07) is 0. The summed E-state index contributed by atoms with van der Waals surface area (Å²) in [5.74, 6) is 1.52. The predicted octanol–water partition coefficient (Wildman–Crippen LogP) is 8.40. The Morgan fingerprint density at radius 1 is 0.586 bits per heavy atom. The van der Waals surface area contributed by atoms with Crippen molar-refractivity contribution in [1.29, 1.82) is 0 Å². The minimum absolute atomic E-state index is 1.10. The Bertz CT molecular complexity index is 463. The molecule has 2 nitrogen and oxygen atoms in total. The topological polar surface area (TPSA) is 8.81 Å². The molecule has 0 amide bonds. The molecule has 0 aliphatic carbocycles. The van der Waals surface area contributed by atoms with E-state index in [1.54, 1.807) is 0 Å². The van der Waals surface area contributed by atoms with Crippen LogP contribution in [0.3, 0.4) is 0 Å². The molecule has 29 heavy (non-hydrogen) atoms. The van der Waals surface area contributed by atoms with Gasteiger partial charge in [0.1, 0.15) is 12.4 Å². The second kappa shape index (κ2) is 19.2. The van der Waals surface area contributed by atoms with E-state index in [1.165, 1.54) is 134 Å². The van der Waals surface area contributed by atoms with Gasteiger partial charge in [0.25, 0.3) is 5.82 Å². The summed E-state index contributed by atoms with van der Waals surface area (Å²) in [7, 11) is 0. The Morgan fingerprint density at radius 2 is 1.03 bits per heavy atom. The largest absolute Gasteiger partial charge is 0.256 e. The average molecular weight is 406 g/mol. The molecule has 0 aliphatic heterocycles. The van der Waals surface area contributed by atoms with Crippen molar-refractivity contribution in [3.05, 3.63) is 18.2 Å². The van der Waals surface area contributed by atoms with Gasteiger partial charge < -0.3 is 0 Å². The second-order valence-electron chi connectivity index (χ2n) is 9.10. The molecule has 0 saturated carbocycles. The van der Waals surface area contributed by atoms with E-state index < -0.39 is 0 Å². The molecule has 0 radical (unpaired) electrons. The quantitative estimate of drug-likeness (QED) is 0.143. The molecule has 0 N–H and O–H groups in total. The maximum absolute atomic E-state index is 2.50. The van der Waals surface area contributed by atoms with Crippen LogP contribution in [0.25, 0.3) is 0 Å². The van der Waals surface area contributed by atoms with Crippen LogP contribution in [0, 0.1) is 0 Å². The van der Waals surface area contributed by atoms with E-state index in [4.69, 9.17) is 0 Å². The molecule has 0 fully saturated rings. The lowest BCUT2D eigenvalue weighted by Crippen LogP contribution is -2.37.